The largest absolute Gasteiger partial charge is 0.392 e. The molecule has 6 heteroatoms. The van der Waals surface area contributed by atoms with E-state index in [9.17, 15) is 5.11 Å². The highest BCUT2D eigenvalue weighted by Crippen LogP contribution is 2.09. The first-order chi connectivity index (χ1) is 10.7. The number of β-amino-alcohol motifs (C(OH)–C–C–N with tert-alkyl or cyclic N) is 1. The van der Waals surface area contributed by atoms with Gasteiger partial charge in [0.25, 0.3) is 0 Å². The molecule has 6 nitrogen and oxygen atoms in total. The number of nitrogens with zero attached hydrogens (tertiary/aromatic N) is 5. The molecule has 3 rings (SSSR count). The molecular weight excluding hydrogens is 278 g/mol. The Hall–Kier alpha value is -1.76. The average molecular weight is 301 g/mol. The normalized spacial score (nSPS) is 18.5. The van der Waals surface area contributed by atoms with Gasteiger partial charge in [-0.3, -0.25) is 9.80 Å². The van der Waals surface area contributed by atoms with E-state index >= 15 is 0 Å². The van der Waals surface area contributed by atoms with Gasteiger partial charge in [-0.2, -0.15) is 0 Å². The van der Waals surface area contributed by atoms with Gasteiger partial charge in [-0.15, -0.1) is 5.10 Å². The smallest absolute Gasteiger partial charge is 0.0971 e. The summed E-state index contributed by atoms with van der Waals surface area (Å²) < 4.78 is 1.82. The van der Waals surface area contributed by atoms with E-state index in [-0.39, 0.29) is 6.10 Å². The zero-order valence-corrected chi connectivity index (χ0v) is 13.0. The molecule has 1 atom stereocenters. The number of para-hydroxylation sites is 1. The van der Waals surface area contributed by atoms with Crippen LogP contribution in [0, 0.1) is 0 Å². The van der Waals surface area contributed by atoms with Crippen LogP contribution in [0.25, 0.3) is 5.69 Å². The molecule has 118 valence electrons. The summed E-state index contributed by atoms with van der Waals surface area (Å²) in [4.78, 5) is 4.69. The molecule has 0 unspecified atom stereocenters. The highest BCUT2D eigenvalue weighted by Gasteiger charge is 2.18. The third-order valence-corrected chi connectivity index (χ3v) is 3.93. The van der Waals surface area contributed by atoms with Gasteiger partial charge in [0.1, 0.15) is 0 Å². The van der Waals surface area contributed by atoms with E-state index in [0.29, 0.717) is 0 Å². The van der Waals surface area contributed by atoms with Crippen LogP contribution < -0.4 is 0 Å². The highest BCUT2D eigenvalue weighted by atomic mass is 16.3. The minimum atomic E-state index is -0.252. The van der Waals surface area contributed by atoms with E-state index in [2.05, 4.69) is 20.1 Å². The summed E-state index contributed by atoms with van der Waals surface area (Å²) in [5.41, 5.74) is 2.02. The maximum atomic E-state index is 9.44. The van der Waals surface area contributed by atoms with Crippen molar-refractivity contribution < 1.29 is 5.11 Å². The van der Waals surface area contributed by atoms with Gasteiger partial charge < -0.3 is 5.11 Å². The molecule has 1 aliphatic heterocycles. The molecule has 1 saturated heterocycles. The van der Waals surface area contributed by atoms with Gasteiger partial charge in [-0.25, -0.2) is 4.68 Å². The lowest BCUT2D eigenvalue weighted by Gasteiger charge is -2.34. The number of aromatic nitrogens is 3. The van der Waals surface area contributed by atoms with Crippen molar-refractivity contribution in [2.75, 3.05) is 32.7 Å². The molecule has 22 heavy (non-hydrogen) atoms. The van der Waals surface area contributed by atoms with E-state index in [0.717, 1.165) is 50.6 Å². The average Bonchev–Trinajstić information content (AvgIpc) is 2.98. The number of aliphatic hydroxyl groups is 1. The minimum absolute atomic E-state index is 0.252. The molecule has 1 fully saturated rings. The van der Waals surface area contributed by atoms with Gasteiger partial charge in [0.05, 0.1) is 23.7 Å². The Morgan fingerprint density at radius 3 is 2.45 bits per heavy atom. The number of hydrogen-bond donors (Lipinski definition) is 1. The van der Waals surface area contributed by atoms with Crippen molar-refractivity contribution in [3.05, 3.63) is 42.2 Å². The van der Waals surface area contributed by atoms with Crippen molar-refractivity contribution in [1.82, 2.24) is 24.8 Å². The summed E-state index contributed by atoms with van der Waals surface area (Å²) in [6.07, 6.45) is 1.75. The van der Waals surface area contributed by atoms with Crippen molar-refractivity contribution in [2.45, 2.75) is 19.6 Å². The zero-order valence-electron chi connectivity index (χ0n) is 13.0. The fourth-order valence-electron chi connectivity index (χ4n) is 2.81. The number of benzene rings is 1. The number of hydrogen-bond acceptors (Lipinski definition) is 5. The second-order valence-corrected chi connectivity index (χ2v) is 5.92. The predicted octanol–water partition coefficient (Wildman–Crippen LogP) is 0.766. The summed E-state index contributed by atoms with van der Waals surface area (Å²) in [6, 6.07) is 10.0. The summed E-state index contributed by atoms with van der Waals surface area (Å²) in [6.45, 7) is 7.44. The molecule has 0 bridgehead atoms. The summed E-state index contributed by atoms with van der Waals surface area (Å²) >= 11 is 0. The molecule has 2 aromatic rings. The number of piperazine rings is 1. The van der Waals surface area contributed by atoms with Gasteiger partial charge in [-0.1, -0.05) is 23.4 Å². The van der Waals surface area contributed by atoms with Crippen LogP contribution in [0.15, 0.2) is 36.5 Å². The van der Waals surface area contributed by atoms with Crippen molar-refractivity contribution in [2.24, 2.45) is 0 Å². The van der Waals surface area contributed by atoms with Crippen LogP contribution in [0.4, 0.5) is 0 Å². The Labute approximate surface area is 131 Å². The Kier molecular flexibility index (Phi) is 4.82. The topological polar surface area (TPSA) is 57.4 Å². The SMILES string of the molecule is C[C@H](O)CN1CCN(Cc2cn(-c3ccccc3)nn2)CC1. The van der Waals surface area contributed by atoms with Gasteiger partial charge in [0.2, 0.25) is 0 Å². The Morgan fingerprint density at radius 2 is 1.77 bits per heavy atom. The lowest BCUT2D eigenvalue weighted by atomic mass is 10.2. The first kappa shape index (κ1) is 15.1. The lowest BCUT2D eigenvalue weighted by molar-refractivity contribution is 0.0776. The highest BCUT2D eigenvalue weighted by molar-refractivity contribution is 5.29. The molecule has 0 saturated carbocycles. The van der Waals surface area contributed by atoms with Gasteiger partial charge in [0, 0.05) is 39.3 Å². The van der Waals surface area contributed by atoms with E-state index < -0.39 is 0 Å². The van der Waals surface area contributed by atoms with Crippen molar-refractivity contribution in [3.8, 4) is 5.69 Å². The van der Waals surface area contributed by atoms with Crippen molar-refractivity contribution in [3.63, 3.8) is 0 Å². The van der Waals surface area contributed by atoms with E-state index in [1.807, 2.05) is 48.1 Å². The van der Waals surface area contributed by atoms with Crippen LogP contribution in [0.2, 0.25) is 0 Å². The van der Waals surface area contributed by atoms with E-state index in [1.165, 1.54) is 0 Å². The molecule has 1 aromatic heterocycles. The molecule has 1 N–H and O–H groups in total. The Morgan fingerprint density at radius 1 is 1.09 bits per heavy atom. The standard InChI is InChI=1S/C16H23N5O/c1-14(22)11-19-7-9-20(10-8-19)12-15-13-21(18-17-15)16-5-3-2-4-6-16/h2-6,13-14,22H,7-12H2,1H3/t14-/m0/s1. The fraction of sp³-hybridized carbons (Fsp3) is 0.500. The molecule has 0 radical (unpaired) electrons. The first-order valence-corrected chi connectivity index (χ1v) is 7.80. The molecule has 1 aromatic carbocycles. The predicted molar refractivity (Wildman–Crippen MR) is 84.8 cm³/mol. The third-order valence-electron chi connectivity index (χ3n) is 3.93. The summed E-state index contributed by atoms with van der Waals surface area (Å²) in [5.74, 6) is 0. The zero-order chi connectivity index (χ0) is 15.4. The maximum Gasteiger partial charge on any atom is 0.0971 e. The number of rotatable bonds is 5. The molecular formula is C16H23N5O. The van der Waals surface area contributed by atoms with E-state index in [4.69, 9.17) is 0 Å². The van der Waals surface area contributed by atoms with Crippen LogP contribution in [-0.2, 0) is 6.54 Å². The second-order valence-electron chi connectivity index (χ2n) is 5.92. The van der Waals surface area contributed by atoms with Crippen LogP contribution in [0.1, 0.15) is 12.6 Å². The summed E-state index contributed by atoms with van der Waals surface area (Å²) in [7, 11) is 0. The first-order valence-electron chi connectivity index (χ1n) is 7.80. The Bertz CT molecular complexity index is 575. The maximum absolute atomic E-state index is 9.44. The number of aliphatic hydroxyl groups excluding tert-OH is 1. The van der Waals surface area contributed by atoms with Crippen LogP contribution in [0.3, 0.4) is 0 Å². The molecule has 0 spiro atoms. The minimum Gasteiger partial charge on any atom is -0.392 e. The van der Waals surface area contributed by atoms with Crippen molar-refractivity contribution in [1.29, 1.82) is 0 Å². The van der Waals surface area contributed by atoms with E-state index in [1.54, 1.807) is 0 Å². The molecule has 0 amide bonds. The third kappa shape index (κ3) is 3.91. The van der Waals surface area contributed by atoms with Crippen LogP contribution in [0.5, 0.6) is 0 Å². The fourth-order valence-corrected chi connectivity index (χ4v) is 2.81. The second kappa shape index (κ2) is 7.00. The quantitative estimate of drug-likeness (QED) is 0.884. The Balaban J connectivity index is 1.54. The molecule has 1 aliphatic rings. The van der Waals surface area contributed by atoms with Gasteiger partial charge in [0.15, 0.2) is 0 Å². The molecule has 2 heterocycles. The van der Waals surface area contributed by atoms with Gasteiger partial charge in [-0.05, 0) is 19.1 Å². The van der Waals surface area contributed by atoms with Crippen LogP contribution >= 0.6 is 0 Å². The van der Waals surface area contributed by atoms with Crippen LogP contribution in [-0.4, -0.2) is 68.7 Å². The molecule has 0 aliphatic carbocycles. The monoisotopic (exact) mass is 301 g/mol. The van der Waals surface area contributed by atoms with Crippen molar-refractivity contribution >= 4 is 0 Å². The lowest BCUT2D eigenvalue weighted by Crippen LogP contribution is -2.47. The summed E-state index contributed by atoms with van der Waals surface area (Å²) in [5, 5.41) is 17.9. The van der Waals surface area contributed by atoms with Gasteiger partial charge >= 0.3 is 0 Å².